The van der Waals surface area contributed by atoms with Crippen LogP contribution in [0.3, 0.4) is 0 Å². The van der Waals surface area contributed by atoms with Crippen LogP contribution in [0.1, 0.15) is 258 Å². The van der Waals surface area contributed by atoms with Crippen LogP contribution in [-0.2, 0) is 23.8 Å². The van der Waals surface area contributed by atoms with E-state index in [2.05, 4.69) is 67.8 Å². The van der Waals surface area contributed by atoms with Crippen LogP contribution in [0.25, 0.3) is 0 Å². The van der Waals surface area contributed by atoms with Crippen molar-refractivity contribution in [2.75, 3.05) is 19.8 Å². The Bertz CT molecular complexity index is 1400. The lowest BCUT2D eigenvalue weighted by Crippen LogP contribution is -2.60. The molecule has 0 spiro atoms. The summed E-state index contributed by atoms with van der Waals surface area (Å²) in [6.07, 6.45) is 56.1. The monoisotopic (exact) mass is 1030 g/mol. The maximum Gasteiger partial charge on any atom is 0.305 e. The smallest absolute Gasteiger partial charge is 0.305 e. The molecular weight excluding hydrogens is 919 g/mol. The second kappa shape index (κ2) is 51.5. The highest BCUT2D eigenvalue weighted by Gasteiger charge is 2.44. The molecule has 0 aliphatic carbocycles. The predicted molar refractivity (Wildman–Crippen MR) is 301 cm³/mol. The normalized spacial score (nSPS) is 19.4. The number of carbonyl (C=O) groups excluding carboxylic acids is 2. The van der Waals surface area contributed by atoms with Crippen molar-refractivity contribution in [2.45, 2.75) is 301 Å². The number of allylic oxidation sites excluding steroid dienone is 9. The zero-order valence-corrected chi connectivity index (χ0v) is 46.6. The molecule has 1 fully saturated rings. The first-order valence-corrected chi connectivity index (χ1v) is 30.1. The van der Waals surface area contributed by atoms with Gasteiger partial charge in [-0.15, -0.1) is 0 Å². The molecule has 6 N–H and O–H groups in total. The summed E-state index contributed by atoms with van der Waals surface area (Å²) in [7, 11) is 0. The van der Waals surface area contributed by atoms with E-state index >= 15 is 0 Å². The first-order valence-electron chi connectivity index (χ1n) is 30.1. The lowest BCUT2D eigenvalue weighted by atomic mass is 9.99. The molecule has 1 saturated heterocycles. The Hall–Kier alpha value is -2.64. The quantitative estimate of drug-likeness (QED) is 0.0149. The molecule has 73 heavy (non-hydrogen) atoms. The standard InChI is InChI=1S/C62H111NO10/c1-3-5-7-9-11-13-14-15-16-20-24-27-30-34-38-42-46-50-58(67)71-51-47-43-39-35-31-28-25-22-19-17-18-21-23-26-29-33-37-41-45-49-57(66)63-54(55(65)48-44-40-36-32-12-10-8-6-4-2)53-72-62-61(70)60(69)59(68)56(52-64)73-62/h11,13,15-16,22,25,28,31,44,48,54-56,59-62,64-65,68-70H,3-10,12,14,17-21,23-24,26-27,29-30,32-43,45-47,49-53H2,1-2H3,(H,63,66)/b13-11-,16-15-,25-22-,31-28-,48-44+. The fourth-order valence-electron chi connectivity index (χ4n) is 9.04. The molecular formula is C62H111NO10. The zero-order chi connectivity index (χ0) is 53.1. The summed E-state index contributed by atoms with van der Waals surface area (Å²) in [6.45, 7) is 4.23. The number of aliphatic hydroxyl groups excluding tert-OH is 5. The molecule has 0 aromatic heterocycles. The Balaban J connectivity index is 2.04. The van der Waals surface area contributed by atoms with E-state index in [0.717, 1.165) is 96.3 Å². The van der Waals surface area contributed by atoms with Crippen LogP contribution >= 0.6 is 0 Å². The third-order valence-electron chi connectivity index (χ3n) is 13.9. The fourth-order valence-corrected chi connectivity index (χ4v) is 9.04. The molecule has 11 nitrogen and oxygen atoms in total. The number of nitrogens with one attached hydrogen (secondary N) is 1. The minimum Gasteiger partial charge on any atom is -0.466 e. The topological polar surface area (TPSA) is 175 Å². The second-order valence-corrected chi connectivity index (χ2v) is 20.7. The summed E-state index contributed by atoms with van der Waals surface area (Å²) in [6, 6.07) is -0.818. The van der Waals surface area contributed by atoms with Gasteiger partial charge in [-0.3, -0.25) is 9.59 Å². The lowest BCUT2D eigenvalue weighted by Gasteiger charge is -2.40. The van der Waals surface area contributed by atoms with Crippen LogP contribution in [0.5, 0.6) is 0 Å². The van der Waals surface area contributed by atoms with Crippen LogP contribution in [0.2, 0.25) is 0 Å². The molecule has 424 valence electrons. The third-order valence-corrected chi connectivity index (χ3v) is 13.9. The van der Waals surface area contributed by atoms with E-state index in [4.69, 9.17) is 14.2 Å². The van der Waals surface area contributed by atoms with Gasteiger partial charge in [-0.25, -0.2) is 0 Å². The number of rotatable bonds is 51. The van der Waals surface area contributed by atoms with Crippen molar-refractivity contribution in [3.8, 4) is 0 Å². The predicted octanol–water partition coefficient (Wildman–Crippen LogP) is 13.8. The Morgan fingerprint density at radius 2 is 0.959 bits per heavy atom. The van der Waals surface area contributed by atoms with Crippen LogP contribution in [0.15, 0.2) is 60.8 Å². The Labute approximate surface area is 446 Å². The van der Waals surface area contributed by atoms with E-state index in [1.807, 2.05) is 6.08 Å². The summed E-state index contributed by atoms with van der Waals surface area (Å²) in [4.78, 5) is 25.1. The van der Waals surface area contributed by atoms with Crippen molar-refractivity contribution >= 4 is 11.9 Å². The van der Waals surface area contributed by atoms with Crippen molar-refractivity contribution in [2.24, 2.45) is 0 Å². The molecule has 1 amide bonds. The van der Waals surface area contributed by atoms with Gasteiger partial charge in [-0.05, 0) is 96.3 Å². The van der Waals surface area contributed by atoms with E-state index in [0.29, 0.717) is 19.4 Å². The van der Waals surface area contributed by atoms with E-state index < -0.39 is 49.5 Å². The highest BCUT2D eigenvalue weighted by Crippen LogP contribution is 2.23. The summed E-state index contributed by atoms with van der Waals surface area (Å²) in [5, 5.41) is 54.2. The zero-order valence-electron chi connectivity index (χ0n) is 46.6. The molecule has 0 bridgehead atoms. The first kappa shape index (κ1) is 68.4. The van der Waals surface area contributed by atoms with Gasteiger partial charge in [0.05, 0.1) is 32.0 Å². The Morgan fingerprint density at radius 3 is 1.49 bits per heavy atom. The van der Waals surface area contributed by atoms with Gasteiger partial charge in [0, 0.05) is 12.8 Å². The van der Waals surface area contributed by atoms with Crippen LogP contribution in [-0.4, -0.2) is 100 Å². The van der Waals surface area contributed by atoms with Gasteiger partial charge in [0.15, 0.2) is 6.29 Å². The average Bonchev–Trinajstić information content (AvgIpc) is 3.39. The maximum atomic E-state index is 13.0. The molecule has 1 aliphatic rings. The molecule has 0 aromatic carbocycles. The summed E-state index contributed by atoms with van der Waals surface area (Å²) in [5.74, 6) is -0.232. The highest BCUT2D eigenvalue weighted by atomic mass is 16.7. The number of ether oxygens (including phenoxy) is 3. The van der Waals surface area contributed by atoms with Gasteiger partial charge >= 0.3 is 5.97 Å². The van der Waals surface area contributed by atoms with Crippen molar-refractivity contribution in [3.63, 3.8) is 0 Å². The lowest BCUT2D eigenvalue weighted by molar-refractivity contribution is -0.302. The van der Waals surface area contributed by atoms with E-state index in [1.54, 1.807) is 6.08 Å². The van der Waals surface area contributed by atoms with Gasteiger partial charge in [0.1, 0.15) is 24.4 Å². The van der Waals surface area contributed by atoms with Gasteiger partial charge in [-0.2, -0.15) is 0 Å². The number of aliphatic hydroxyl groups is 5. The van der Waals surface area contributed by atoms with Crippen LogP contribution in [0.4, 0.5) is 0 Å². The molecule has 0 aromatic rings. The molecule has 0 radical (unpaired) electrons. The number of carbonyl (C=O) groups is 2. The molecule has 7 unspecified atom stereocenters. The van der Waals surface area contributed by atoms with Crippen LogP contribution < -0.4 is 5.32 Å². The molecule has 1 heterocycles. The van der Waals surface area contributed by atoms with Gasteiger partial charge in [0.2, 0.25) is 5.91 Å². The van der Waals surface area contributed by atoms with Gasteiger partial charge < -0.3 is 45.1 Å². The SMILES string of the molecule is CCCCC/C=C\C/C=C\CCCCCCCCCC(=O)OCCCCC/C=C\C=C/CCCCCCCCCCCCC(=O)NC(COC1OC(CO)C(O)C(O)C1O)C(O)/C=C/CCCCCCCCC. The van der Waals surface area contributed by atoms with Crippen LogP contribution in [0, 0.1) is 0 Å². The number of esters is 1. The molecule has 0 saturated carbocycles. The minimum absolute atomic E-state index is 0.0368. The second-order valence-electron chi connectivity index (χ2n) is 20.7. The Morgan fingerprint density at radius 1 is 0.521 bits per heavy atom. The molecule has 1 rings (SSSR count). The number of hydrogen-bond donors (Lipinski definition) is 6. The maximum absolute atomic E-state index is 13.0. The Kier molecular flexibility index (Phi) is 48.2. The number of unbranched alkanes of at least 4 members (excludes halogenated alkanes) is 30. The van der Waals surface area contributed by atoms with Crippen molar-refractivity contribution in [1.29, 1.82) is 0 Å². The molecule has 11 heteroatoms. The third kappa shape index (κ3) is 41.2. The van der Waals surface area contributed by atoms with E-state index in [-0.39, 0.29) is 18.5 Å². The summed E-state index contributed by atoms with van der Waals surface area (Å²) < 4.78 is 16.7. The number of hydrogen-bond acceptors (Lipinski definition) is 10. The molecule has 1 aliphatic heterocycles. The van der Waals surface area contributed by atoms with Gasteiger partial charge in [0.25, 0.3) is 0 Å². The fraction of sp³-hybridized carbons (Fsp3) is 0.806. The summed E-state index contributed by atoms with van der Waals surface area (Å²) in [5.41, 5.74) is 0. The average molecular weight is 1030 g/mol. The highest BCUT2D eigenvalue weighted by molar-refractivity contribution is 5.76. The summed E-state index contributed by atoms with van der Waals surface area (Å²) >= 11 is 0. The van der Waals surface area contributed by atoms with Gasteiger partial charge in [-0.1, -0.05) is 209 Å². The number of amides is 1. The molecule has 7 atom stereocenters. The van der Waals surface area contributed by atoms with Crippen molar-refractivity contribution in [3.05, 3.63) is 60.8 Å². The van der Waals surface area contributed by atoms with Crippen molar-refractivity contribution < 1.29 is 49.3 Å². The van der Waals surface area contributed by atoms with Crippen molar-refractivity contribution in [1.82, 2.24) is 5.32 Å². The minimum atomic E-state index is -1.58. The largest absolute Gasteiger partial charge is 0.466 e. The van der Waals surface area contributed by atoms with E-state index in [1.165, 1.54) is 135 Å². The first-order chi connectivity index (χ1) is 35.7. The van der Waals surface area contributed by atoms with E-state index in [9.17, 15) is 35.1 Å².